The van der Waals surface area contributed by atoms with E-state index in [1.807, 2.05) is 0 Å². The molecule has 2 rings (SSSR count). The van der Waals surface area contributed by atoms with Crippen molar-refractivity contribution in [3.8, 4) is 0 Å². The highest BCUT2D eigenvalue weighted by Crippen LogP contribution is 2.32. The Hall–Kier alpha value is -1.36. The van der Waals surface area contributed by atoms with E-state index in [4.69, 9.17) is 5.73 Å². The summed E-state index contributed by atoms with van der Waals surface area (Å²) < 4.78 is 0. The van der Waals surface area contributed by atoms with Crippen LogP contribution >= 0.6 is 0 Å². The second-order valence-electron chi connectivity index (χ2n) is 5.02. The van der Waals surface area contributed by atoms with Crippen LogP contribution in [0.3, 0.4) is 0 Å². The van der Waals surface area contributed by atoms with Crippen molar-refractivity contribution >= 4 is 11.6 Å². The SMILES string of the molecule is CCCc1c(N)ncnc1N1CCC(C)C1CO. The Morgan fingerprint density at radius 1 is 1.50 bits per heavy atom. The summed E-state index contributed by atoms with van der Waals surface area (Å²) in [5.74, 6) is 1.96. The Bertz CT molecular complexity index is 410. The van der Waals surface area contributed by atoms with Gasteiger partial charge in [0.15, 0.2) is 0 Å². The summed E-state index contributed by atoms with van der Waals surface area (Å²) in [5, 5.41) is 9.54. The van der Waals surface area contributed by atoms with E-state index in [0.29, 0.717) is 11.7 Å². The molecule has 3 N–H and O–H groups in total. The van der Waals surface area contributed by atoms with Crippen molar-refractivity contribution in [2.75, 3.05) is 23.8 Å². The number of nitrogens with zero attached hydrogens (tertiary/aromatic N) is 3. The molecular formula is C13H22N4O. The van der Waals surface area contributed by atoms with Crippen molar-refractivity contribution < 1.29 is 5.11 Å². The molecule has 0 radical (unpaired) electrons. The van der Waals surface area contributed by atoms with Crippen LogP contribution in [-0.4, -0.2) is 34.3 Å². The Morgan fingerprint density at radius 2 is 2.28 bits per heavy atom. The Balaban J connectivity index is 2.35. The lowest BCUT2D eigenvalue weighted by Crippen LogP contribution is -2.36. The number of aromatic nitrogens is 2. The van der Waals surface area contributed by atoms with Crippen LogP contribution in [0.4, 0.5) is 11.6 Å². The third kappa shape index (κ3) is 2.27. The van der Waals surface area contributed by atoms with E-state index in [-0.39, 0.29) is 12.6 Å². The van der Waals surface area contributed by atoms with Gasteiger partial charge in [0.2, 0.25) is 0 Å². The van der Waals surface area contributed by atoms with E-state index in [1.165, 1.54) is 6.33 Å². The van der Waals surface area contributed by atoms with E-state index in [2.05, 4.69) is 28.7 Å². The molecule has 0 amide bonds. The highest BCUT2D eigenvalue weighted by molar-refractivity contribution is 5.57. The van der Waals surface area contributed by atoms with Crippen LogP contribution in [-0.2, 0) is 6.42 Å². The molecule has 1 aromatic heterocycles. The van der Waals surface area contributed by atoms with E-state index in [1.54, 1.807) is 0 Å². The summed E-state index contributed by atoms with van der Waals surface area (Å²) in [5.41, 5.74) is 6.98. The van der Waals surface area contributed by atoms with Crippen molar-refractivity contribution in [2.45, 2.75) is 39.2 Å². The zero-order valence-corrected chi connectivity index (χ0v) is 11.1. The van der Waals surface area contributed by atoms with Crippen molar-refractivity contribution in [2.24, 2.45) is 5.92 Å². The van der Waals surface area contributed by atoms with Gasteiger partial charge in [0.05, 0.1) is 12.6 Å². The molecule has 0 spiro atoms. The second-order valence-corrected chi connectivity index (χ2v) is 5.02. The molecule has 0 saturated carbocycles. The lowest BCUT2D eigenvalue weighted by molar-refractivity contribution is 0.244. The number of hydrogen-bond donors (Lipinski definition) is 2. The molecule has 0 aliphatic carbocycles. The fraction of sp³-hybridized carbons (Fsp3) is 0.692. The van der Waals surface area contributed by atoms with Gasteiger partial charge in [0, 0.05) is 12.1 Å². The molecule has 18 heavy (non-hydrogen) atoms. The number of hydrogen-bond acceptors (Lipinski definition) is 5. The molecule has 5 heteroatoms. The van der Waals surface area contributed by atoms with Crippen molar-refractivity contribution in [3.05, 3.63) is 11.9 Å². The smallest absolute Gasteiger partial charge is 0.137 e. The summed E-state index contributed by atoms with van der Waals surface area (Å²) in [6.07, 6.45) is 4.49. The first-order chi connectivity index (χ1) is 8.69. The first kappa shape index (κ1) is 13.1. The number of anilines is 2. The van der Waals surface area contributed by atoms with Crippen LogP contribution in [0, 0.1) is 5.92 Å². The standard InChI is InChI=1S/C13H22N4O/c1-3-4-10-12(14)15-8-16-13(10)17-6-5-9(2)11(17)7-18/h8-9,11,18H,3-7H2,1-2H3,(H2,14,15,16). The molecule has 5 nitrogen and oxygen atoms in total. The normalized spacial score (nSPS) is 23.6. The maximum atomic E-state index is 9.54. The number of aliphatic hydroxyl groups excluding tert-OH is 1. The molecule has 2 heterocycles. The molecule has 1 saturated heterocycles. The minimum absolute atomic E-state index is 0.148. The Kier molecular flexibility index (Phi) is 4.01. The summed E-state index contributed by atoms with van der Waals surface area (Å²) in [7, 11) is 0. The summed E-state index contributed by atoms with van der Waals surface area (Å²) >= 11 is 0. The third-order valence-electron chi connectivity index (χ3n) is 3.80. The van der Waals surface area contributed by atoms with Gasteiger partial charge in [-0.3, -0.25) is 0 Å². The van der Waals surface area contributed by atoms with Crippen molar-refractivity contribution in [1.82, 2.24) is 9.97 Å². The molecule has 2 unspecified atom stereocenters. The van der Waals surface area contributed by atoms with Gasteiger partial charge < -0.3 is 15.7 Å². The van der Waals surface area contributed by atoms with E-state index >= 15 is 0 Å². The first-order valence-corrected chi connectivity index (χ1v) is 6.65. The van der Waals surface area contributed by atoms with E-state index in [0.717, 1.165) is 37.2 Å². The molecule has 1 fully saturated rings. The van der Waals surface area contributed by atoms with Crippen LogP contribution in [0.15, 0.2) is 6.33 Å². The number of rotatable bonds is 4. The van der Waals surface area contributed by atoms with Gasteiger partial charge >= 0.3 is 0 Å². The Labute approximate surface area is 108 Å². The topological polar surface area (TPSA) is 75.3 Å². The maximum Gasteiger partial charge on any atom is 0.137 e. The zero-order valence-electron chi connectivity index (χ0n) is 11.1. The molecule has 1 aliphatic heterocycles. The molecule has 1 aliphatic rings. The van der Waals surface area contributed by atoms with Crippen molar-refractivity contribution in [1.29, 1.82) is 0 Å². The quantitative estimate of drug-likeness (QED) is 0.840. The summed E-state index contributed by atoms with van der Waals surface area (Å²) in [4.78, 5) is 10.7. The maximum absolute atomic E-state index is 9.54. The summed E-state index contributed by atoms with van der Waals surface area (Å²) in [6.45, 7) is 5.38. The van der Waals surface area contributed by atoms with Gasteiger partial charge in [-0.1, -0.05) is 20.3 Å². The lowest BCUT2D eigenvalue weighted by atomic mass is 10.0. The van der Waals surface area contributed by atoms with Crippen LogP contribution < -0.4 is 10.6 Å². The highest BCUT2D eigenvalue weighted by Gasteiger charge is 2.32. The molecule has 1 aromatic rings. The van der Waals surface area contributed by atoms with Gasteiger partial charge in [-0.15, -0.1) is 0 Å². The molecule has 0 bridgehead atoms. The number of aliphatic hydroxyl groups is 1. The predicted molar refractivity (Wildman–Crippen MR) is 72.4 cm³/mol. The molecular weight excluding hydrogens is 228 g/mol. The van der Waals surface area contributed by atoms with Gasteiger partial charge in [0.25, 0.3) is 0 Å². The van der Waals surface area contributed by atoms with Crippen LogP contribution in [0.1, 0.15) is 32.3 Å². The van der Waals surface area contributed by atoms with Crippen molar-refractivity contribution in [3.63, 3.8) is 0 Å². The predicted octanol–water partition coefficient (Wildman–Crippen LogP) is 1.22. The average Bonchev–Trinajstić information content (AvgIpc) is 2.73. The monoisotopic (exact) mass is 250 g/mol. The largest absolute Gasteiger partial charge is 0.394 e. The van der Waals surface area contributed by atoms with Gasteiger partial charge in [-0.25, -0.2) is 9.97 Å². The van der Waals surface area contributed by atoms with Crippen LogP contribution in [0.25, 0.3) is 0 Å². The third-order valence-corrected chi connectivity index (χ3v) is 3.80. The minimum Gasteiger partial charge on any atom is -0.394 e. The van der Waals surface area contributed by atoms with Gasteiger partial charge in [0.1, 0.15) is 18.0 Å². The van der Waals surface area contributed by atoms with Crippen LogP contribution in [0.2, 0.25) is 0 Å². The molecule has 100 valence electrons. The minimum atomic E-state index is 0.148. The van der Waals surface area contributed by atoms with Crippen LogP contribution in [0.5, 0.6) is 0 Å². The summed E-state index contributed by atoms with van der Waals surface area (Å²) in [6, 6.07) is 0.148. The fourth-order valence-corrected chi connectivity index (χ4v) is 2.70. The fourth-order valence-electron chi connectivity index (χ4n) is 2.70. The van der Waals surface area contributed by atoms with E-state index < -0.39 is 0 Å². The Morgan fingerprint density at radius 3 is 2.94 bits per heavy atom. The molecule has 2 atom stereocenters. The zero-order chi connectivity index (χ0) is 13.1. The van der Waals surface area contributed by atoms with Gasteiger partial charge in [-0.05, 0) is 18.8 Å². The first-order valence-electron chi connectivity index (χ1n) is 6.65. The number of nitrogen functional groups attached to an aromatic ring is 1. The van der Waals surface area contributed by atoms with Gasteiger partial charge in [-0.2, -0.15) is 0 Å². The molecule has 0 aromatic carbocycles. The second kappa shape index (κ2) is 5.52. The average molecular weight is 250 g/mol. The van der Waals surface area contributed by atoms with E-state index in [9.17, 15) is 5.11 Å². The lowest BCUT2D eigenvalue weighted by Gasteiger charge is -2.28. The number of nitrogens with two attached hydrogens (primary N) is 1. The highest BCUT2D eigenvalue weighted by atomic mass is 16.3.